The molecule has 0 aliphatic heterocycles. The first-order chi connectivity index (χ1) is 13.6. The summed E-state index contributed by atoms with van der Waals surface area (Å²) in [5.74, 6) is 1.85. The summed E-state index contributed by atoms with van der Waals surface area (Å²) in [5, 5.41) is 14.2. The molecule has 0 saturated heterocycles. The molecule has 0 fully saturated rings. The van der Waals surface area contributed by atoms with Gasteiger partial charge < -0.3 is 15.4 Å². The van der Waals surface area contributed by atoms with Crippen LogP contribution in [-0.4, -0.2) is 29.8 Å². The van der Waals surface area contributed by atoms with Gasteiger partial charge in [-0.15, -0.1) is 10.2 Å². The Morgan fingerprint density at radius 1 is 0.964 bits per heavy atom. The lowest BCUT2D eigenvalue weighted by Gasteiger charge is -2.08. The van der Waals surface area contributed by atoms with Crippen LogP contribution in [0, 0.1) is 6.92 Å². The van der Waals surface area contributed by atoms with Gasteiger partial charge in [0, 0.05) is 6.54 Å². The van der Waals surface area contributed by atoms with E-state index >= 15 is 0 Å². The van der Waals surface area contributed by atoms with Gasteiger partial charge in [0.05, 0.1) is 13.5 Å². The summed E-state index contributed by atoms with van der Waals surface area (Å²) in [6.45, 7) is 2.74. The first-order valence-corrected chi connectivity index (χ1v) is 9.18. The van der Waals surface area contributed by atoms with Gasteiger partial charge in [0.1, 0.15) is 11.6 Å². The normalized spacial score (nSPS) is 10.4. The van der Waals surface area contributed by atoms with E-state index in [0.717, 1.165) is 29.8 Å². The van der Waals surface area contributed by atoms with Crippen molar-refractivity contribution in [1.82, 2.24) is 10.2 Å². The third kappa shape index (κ3) is 5.81. The molecule has 0 aliphatic carbocycles. The Morgan fingerprint density at radius 2 is 1.71 bits per heavy atom. The van der Waals surface area contributed by atoms with Crippen LogP contribution in [0.2, 0.25) is 0 Å². The highest BCUT2D eigenvalue weighted by Gasteiger charge is 2.06. The smallest absolute Gasteiger partial charge is 0.229 e. The number of rotatable bonds is 8. The minimum absolute atomic E-state index is 0.111. The molecule has 0 atom stereocenters. The van der Waals surface area contributed by atoms with Gasteiger partial charge in [-0.25, -0.2) is 0 Å². The average molecular weight is 376 g/mol. The number of aromatic nitrogens is 2. The maximum absolute atomic E-state index is 12.1. The fourth-order valence-corrected chi connectivity index (χ4v) is 2.81. The molecular formula is C22H24N4O2. The van der Waals surface area contributed by atoms with Crippen LogP contribution in [0.5, 0.6) is 5.75 Å². The summed E-state index contributed by atoms with van der Waals surface area (Å²) in [7, 11) is 1.66. The summed E-state index contributed by atoms with van der Waals surface area (Å²) in [4.78, 5) is 12.1. The molecule has 0 radical (unpaired) electrons. The molecule has 28 heavy (non-hydrogen) atoms. The molecule has 2 N–H and O–H groups in total. The first kappa shape index (κ1) is 19.4. The Hall–Kier alpha value is -3.41. The Morgan fingerprint density at radius 3 is 2.39 bits per heavy atom. The van der Waals surface area contributed by atoms with E-state index in [-0.39, 0.29) is 5.91 Å². The number of nitrogens with one attached hydrogen (secondary N) is 2. The first-order valence-electron chi connectivity index (χ1n) is 9.18. The second-order valence-corrected chi connectivity index (χ2v) is 6.54. The Bertz CT molecular complexity index is 909. The predicted octanol–water partition coefficient (Wildman–Crippen LogP) is 3.63. The summed E-state index contributed by atoms with van der Waals surface area (Å²) >= 11 is 0. The number of hydrogen-bond donors (Lipinski definition) is 2. The fourth-order valence-electron chi connectivity index (χ4n) is 2.81. The zero-order chi connectivity index (χ0) is 19.8. The zero-order valence-corrected chi connectivity index (χ0v) is 16.1. The molecule has 1 amide bonds. The van der Waals surface area contributed by atoms with Gasteiger partial charge in [-0.3, -0.25) is 4.79 Å². The Kier molecular flexibility index (Phi) is 6.57. The summed E-state index contributed by atoms with van der Waals surface area (Å²) in [6.07, 6.45) is 1.17. The van der Waals surface area contributed by atoms with E-state index in [1.165, 1.54) is 5.56 Å². The van der Waals surface area contributed by atoms with E-state index in [2.05, 4.69) is 20.8 Å². The van der Waals surface area contributed by atoms with Gasteiger partial charge >= 0.3 is 0 Å². The van der Waals surface area contributed by atoms with Crippen molar-refractivity contribution in [1.29, 1.82) is 0 Å². The topological polar surface area (TPSA) is 76.1 Å². The lowest BCUT2D eigenvalue weighted by Crippen LogP contribution is -2.16. The monoisotopic (exact) mass is 376 g/mol. The maximum atomic E-state index is 12.1. The van der Waals surface area contributed by atoms with Crippen molar-refractivity contribution in [3.8, 4) is 5.75 Å². The summed E-state index contributed by atoms with van der Waals surface area (Å²) < 4.78 is 5.16. The van der Waals surface area contributed by atoms with Crippen molar-refractivity contribution in [3.05, 3.63) is 77.4 Å². The minimum atomic E-state index is -0.111. The molecule has 0 aliphatic rings. The van der Waals surface area contributed by atoms with E-state index in [9.17, 15) is 4.79 Å². The molecule has 3 aromatic rings. The Balaban J connectivity index is 1.45. The lowest BCUT2D eigenvalue weighted by atomic mass is 10.1. The van der Waals surface area contributed by atoms with Crippen molar-refractivity contribution in [2.75, 3.05) is 24.3 Å². The van der Waals surface area contributed by atoms with Gasteiger partial charge in [0.25, 0.3) is 0 Å². The quantitative estimate of drug-likeness (QED) is 0.628. The fraction of sp³-hybridized carbons (Fsp3) is 0.227. The van der Waals surface area contributed by atoms with Crippen molar-refractivity contribution in [2.45, 2.75) is 19.8 Å². The molecule has 3 rings (SSSR count). The Labute approximate surface area is 165 Å². The largest absolute Gasteiger partial charge is 0.497 e. The van der Waals surface area contributed by atoms with E-state index < -0.39 is 0 Å². The number of aryl methyl sites for hydroxylation is 1. The van der Waals surface area contributed by atoms with E-state index in [1.807, 2.05) is 61.5 Å². The van der Waals surface area contributed by atoms with E-state index in [4.69, 9.17) is 4.74 Å². The van der Waals surface area contributed by atoms with Crippen LogP contribution < -0.4 is 15.4 Å². The molecule has 2 aromatic carbocycles. The van der Waals surface area contributed by atoms with E-state index in [1.54, 1.807) is 13.2 Å². The molecule has 0 unspecified atom stereocenters. The van der Waals surface area contributed by atoms with Gasteiger partial charge in [-0.05, 0) is 48.7 Å². The molecule has 0 saturated carbocycles. The molecule has 1 aromatic heterocycles. The lowest BCUT2D eigenvalue weighted by molar-refractivity contribution is -0.115. The van der Waals surface area contributed by atoms with Crippen molar-refractivity contribution < 1.29 is 9.53 Å². The number of carbonyl (C=O) groups excluding carboxylic acids is 1. The summed E-state index contributed by atoms with van der Waals surface area (Å²) in [6, 6.07) is 19.4. The van der Waals surface area contributed by atoms with Crippen LogP contribution in [0.4, 0.5) is 11.6 Å². The predicted molar refractivity (Wildman–Crippen MR) is 111 cm³/mol. The third-order valence-corrected chi connectivity index (χ3v) is 4.26. The highest BCUT2D eigenvalue weighted by molar-refractivity contribution is 5.91. The second kappa shape index (κ2) is 9.50. The van der Waals surface area contributed by atoms with Crippen LogP contribution >= 0.6 is 0 Å². The molecule has 1 heterocycles. The molecule has 6 heteroatoms. The van der Waals surface area contributed by atoms with Crippen molar-refractivity contribution >= 4 is 17.5 Å². The number of hydrogen-bond acceptors (Lipinski definition) is 5. The highest BCUT2D eigenvalue weighted by atomic mass is 16.5. The van der Waals surface area contributed by atoms with Gasteiger partial charge in [0.15, 0.2) is 5.82 Å². The van der Waals surface area contributed by atoms with Gasteiger partial charge in [-0.1, -0.05) is 42.0 Å². The molecule has 0 spiro atoms. The SMILES string of the molecule is COc1ccc(CCNc2ccc(NC(=O)Cc3cccc(C)c3)nn2)cc1. The second-order valence-electron chi connectivity index (χ2n) is 6.54. The number of ether oxygens (including phenoxy) is 1. The zero-order valence-electron chi connectivity index (χ0n) is 16.1. The number of methoxy groups -OCH3 is 1. The third-order valence-electron chi connectivity index (χ3n) is 4.26. The summed E-state index contributed by atoms with van der Waals surface area (Å²) in [5.41, 5.74) is 3.32. The minimum Gasteiger partial charge on any atom is -0.497 e. The number of benzene rings is 2. The van der Waals surface area contributed by atoms with Gasteiger partial charge in [0.2, 0.25) is 5.91 Å². The van der Waals surface area contributed by atoms with Crippen LogP contribution in [0.25, 0.3) is 0 Å². The van der Waals surface area contributed by atoms with Crippen LogP contribution in [-0.2, 0) is 17.6 Å². The number of amides is 1. The van der Waals surface area contributed by atoms with Crippen molar-refractivity contribution in [3.63, 3.8) is 0 Å². The van der Waals surface area contributed by atoms with Gasteiger partial charge in [-0.2, -0.15) is 0 Å². The number of nitrogens with zero attached hydrogens (tertiary/aromatic N) is 2. The van der Waals surface area contributed by atoms with Crippen LogP contribution in [0.1, 0.15) is 16.7 Å². The number of anilines is 2. The molecule has 0 bridgehead atoms. The maximum Gasteiger partial charge on any atom is 0.229 e. The van der Waals surface area contributed by atoms with E-state index in [0.29, 0.717) is 18.1 Å². The molecular weight excluding hydrogens is 352 g/mol. The van der Waals surface area contributed by atoms with Crippen molar-refractivity contribution in [2.24, 2.45) is 0 Å². The van der Waals surface area contributed by atoms with Crippen LogP contribution in [0.15, 0.2) is 60.7 Å². The van der Waals surface area contributed by atoms with Crippen LogP contribution in [0.3, 0.4) is 0 Å². The highest BCUT2D eigenvalue weighted by Crippen LogP contribution is 2.12. The molecule has 144 valence electrons. The number of carbonyl (C=O) groups is 1. The standard InChI is InChI=1S/C22H24N4O2/c1-16-4-3-5-18(14-16)15-22(27)24-21-11-10-20(25-26-21)23-13-12-17-6-8-19(28-2)9-7-17/h3-11,14H,12-13,15H2,1-2H3,(H,23,25)(H,24,26,27). The molecule has 6 nitrogen and oxygen atoms in total. The average Bonchev–Trinajstić information content (AvgIpc) is 2.70.